The molecule has 1 aromatic rings. The molecule has 0 aliphatic rings. The van der Waals surface area contributed by atoms with Crippen molar-refractivity contribution in [3.8, 4) is 5.75 Å². The molecule has 0 heterocycles. The number of ether oxygens (including phenoxy) is 1. The van der Waals surface area contributed by atoms with Gasteiger partial charge in [-0.1, -0.05) is 27.7 Å². The van der Waals surface area contributed by atoms with Gasteiger partial charge in [-0.3, -0.25) is 10.1 Å². The second kappa shape index (κ2) is 5.66. The summed E-state index contributed by atoms with van der Waals surface area (Å²) in [7, 11) is 0. The maximum absolute atomic E-state index is 10.7. The average molecular weight is 237 g/mol. The summed E-state index contributed by atoms with van der Waals surface area (Å²) in [6.45, 7) is 8.76. The molecular formula is C13H19NO3. The highest BCUT2D eigenvalue weighted by Gasteiger charge is 2.14. The van der Waals surface area contributed by atoms with Crippen LogP contribution in [0.25, 0.3) is 0 Å². The lowest BCUT2D eigenvalue weighted by atomic mass is 10.0. The van der Waals surface area contributed by atoms with E-state index in [4.69, 9.17) is 4.74 Å². The Hall–Kier alpha value is -1.58. The van der Waals surface area contributed by atoms with Crippen LogP contribution in [-0.2, 0) is 0 Å². The van der Waals surface area contributed by atoms with E-state index in [0.29, 0.717) is 18.3 Å². The van der Waals surface area contributed by atoms with Crippen molar-refractivity contribution in [2.45, 2.75) is 33.6 Å². The Labute approximate surface area is 102 Å². The molecule has 1 rings (SSSR count). The number of nitro benzene ring substituents is 1. The number of hydrogen-bond donors (Lipinski definition) is 0. The number of non-ortho nitro benzene ring substituents is 1. The van der Waals surface area contributed by atoms with Crippen molar-refractivity contribution in [3.05, 3.63) is 33.9 Å². The zero-order chi connectivity index (χ0) is 13.0. The maximum atomic E-state index is 10.7. The zero-order valence-electron chi connectivity index (χ0n) is 10.8. The molecule has 1 aromatic carbocycles. The highest BCUT2D eigenvalue weighted by molar-refractivity contribution is 5.45. The first-order valence-corrected chi connectivity index (χ1v) is 5.83. The van der Waals surface area contributed by atoms with Gasteiger partial charge in [0.25, 0.3) is 5.69 Å². The van der Waals surface area contributed by atoms with E-state index in [1.54, 1.807) is 6.07 Å². The van der Waals surface area contributed by atoms with Crippen LogP contribution in [0.4, 0.5) is 5.69 Å². The van der Waals surface area contributed by atoms with Crippen LogP contribution in [0.2, 0.25) is 0 Å². The van der Waals surface area contributed by atoms with Gasteiger partial charge in [-0.05, 0) is 23.5 Å². The Kier molecular flexibility index (Phi) is 4.49. The highest BCUT2D eigenvalue weighted by atomic mass is 16.6. The van der Waals surface area contributed by atoms with Crippen LogP contribution in [0.15, 0.2) is 18.2 Å². The smallest absolute Gasteiger partial charge is 0.273 e. The third-order valence-corrected chi connectivity index (χ3v) is 2.40. The second-order valence-corrected chi connectivity index (χ2v) is 4.84. The average Bonchev–Trinajstić information content (AvgIpc) is 2.25. The standard InChI is InChI=1S/C13H19NO3/c1-9(2)8-17-13-7-11(14(15)16)5-6-12(13)10(3)4/h5-7,9-10H,8H2,1-4H3. The number of rotatable bonds is 5. The predicted molar refractivity (Wildman–Crippen MR) is 67.5 cm³/mol. The molecule has 0 radical (unpaired) electrons. The summed E-state index contributed by atoms with van der Waals surface area (Å²) in [5, 5.41) is 10.7. The van der Waals surface area contributed by atoms with Gasteiger partial charge in [0.15, 0.2) is 0 Å². The van der Waals surface area contributed by atoms with Crippen molar-refractivity contribution in [2.75, 3.05) is 6.61 Å². The van der Waals surface area contributed by atoms with Crippen molar-refractivity contribution in [1.29, 1.82) is 0 Å². The molecular weight excluding hydrogens is 218 g/mol. The van der Waals surface area contributed by atoms with Gasteiger partial charge in [-0.15, -0.1) is 0 Å². The molecule has 0 unspecified atom stereocenters. The fourth-order valence-corrected chi connectivity index (χ4v) is 1.50. The van der Waals surface area contributed by atoms with Gasteiger partial charge >= 0.3 is 0 Å². The molecule has 4 heteroatoms. The van der Waals surface area contributed by atoms with E-state index in [0.717, 1.165) is 5.56 Å². The van der Waals surface area contributed by atoms with Crippen molar-refractivity contribution in [3.63, 3.8) is 0 Å². The van der Waals surface area contributed by atoms with Crippen molar-refractivity contribution >= 4 is 5.69 Å². The van der Waals surface area contributed by atoms with Gasteiger partial charge in [-0.25, -0.2) is 0 Å². The Balaban J connectivity index is 3.02. The quantitative estimate of drug-likeness (QED) is 0.578. The molecule has 0 atom stereocenters. The third kappa shape index (κ3) is 3.73. The zero-order valence-corrected chi connectivity index (χ0v) is 10.8. The highest BCUT2D eigenvalue weighted by Crippen LogP contribution is 2.30. The lowest BCUT2D eigenvalue weighted by molar-refractivity contribution is -0.385. The molecule has 0 aliphatic heterocycles. The summed E-state index contributed by atoms with van der Waals surface area (Å²) in [4.78, 5) is 10.3. The van der Waals surface area contributed by atoms with E-state index in [-0.39, 0.29) is 11.6 Å². The maximum Gasteiger partial charge on any atom is 0.273 e. The minimum Gasteiger partial charge on any atom is -0.493 e. The van der Waals surface area contributed by atoms with Crippen LogP contribution >= 0.6 is 0 Å². The van der Waals surface area contributed by atoms with Gasteiger partial charge in [0, 0.05) is 6.07 Å². The first-order chi connectivity index (χ1) is 7.91. The van der Waals surface area contributed by atoms with Gasteiger partial charge in [0.1, 0.15) is 5.75 Å². The second-order valence-electron chi connectivity index (χ2n) is 4.84. The van der Waals surface area contributed by atoms with Gasteiger partial charge in [0.2, 0.25) is 0 Å². The van der Waals surface area contributed by atoms with E-state index in [2.05, 4.69) is 0 Å². The first kappa shape index (κ1) is 13.5. The van der Waals surface area contributed by atoms with Crippen LogP contribution in [0.5, 0.6) is 5.75 Å². The van der Waals surface area contributed by atoms with Crippen LogP contribution in [0, 0.1) is 16.0 Å². The number of benzene rings is 1. The molecule has 0 N–H and O–H groups in total. The molecule has 0 amide bonds. The van der Waals surface area contributed by atoms with E-state index in [1.165, 1.54) is 12.1 Å². The Morgan fingerprint density at radius 3 is 2.41 bits per heavy atom. The molecule has 0 saturated heterocycles. The summed E-state index contributed by atoms with van der Waals surface area (Å²) >= 11 is 0. The number of nitro groups is 1. The molecule has 17 heavy (non-hydrogen) atoms. The SMILES string of the molecule is CC(C)COc1cc([N+](=O)[O-])ccc1C(C)C. The molecule has 0 fully saturated rings. The summed E-state index contributed by atoms with van der Waals surface area (Å²) < 4.78 is 5.65. The molecule has 4 nitrogen and oxygen atoms in total. The number of nitrogens with zero attached hydrogens (tertiary/aromatic N) is 1. The van der Waals surface area contributed by atoms with Crippen LogP contribution in [-0.4, -0.2) is 11.5 Å². The Morgan fingerprint density at radius 2 is 1.94 bits per heavy atom. The van der Waals surface area contributed by atoms with Crippen LogP contribution < -0.4 is 4.74 Å². The minimum atomic E-state index is -0.396. The fourth-order valence-electron chi connectivity index (χ4n) is 1.50. The van der Waals surface area contributed by atoms with Crippen LogP contribution in [0.1, 0.15) is 39.2 Å². The molecule has 0 aromatic heterocycles. The monoisotopic (exact) mass is 237 g/mol. The summed E-state index contributed by atoms with van der Waals surface area (Å²) in [5.41, 5.74) is 1.09. The van der Waals surface area contributed by atoms with Crippen molar-refractivity contribution in [1.82, 2.24) is 0 Å². The lowest BCUT2D eigenvalue weighted by Crippen LogP contribution is -2.07. The molecule has 0 bridgehead atoms. The minimum absolute atomic E-state index is 0.0770. The van der Waals surface area contributed by atoms with E-state index in [1.807, 2.05) is 27.7 Å². The van der Waals surface area contributed by atoms with Crippen LogP contribution in [0.3, 0.4) is 0 Å². The first-order valence-electron chi connectivity index (χ1n) is 5.83. The topological polar surface area (TPSA) is 52.4 Å². The van der Waals surface area contributed by atoms with Gasteiger partial charge in [-0.2, -0.15) is 0 Å². The van der Waals surface area contributed by atoms with Crippen molar-refractivity contribution < 1.29 is 9.66 Å². The summed E-state index contributed by atoms with van der Waals surface area (Å²) in [6.07, 6.45) is 0. The summed E-state index contributed by atoms with van der Waals surface area (Å²) in [6, 6.07) is 4.81. The summed E-state index contributed by atoms with van der Waals surface area (Å²) in [5.74, 6) is 1.31. The molecule has 0 aliphatic carbocycles. The Morgan fingerprint density at radius 1 is 1.29 bits per heavy atom. The van der Waals surface area contributed by atoms with Crippen molar-refractivity contribution in [2.24, 2.45) is 5.92 Å². The van der Waals surface area contributed by atoms with Gasteiger partial charge in [0.05, 0.1) is 17.6 Å². The number of hydrogen-bond acceptors (Lipinski definition) is 3. The van der Waals surface area contributed by atoms with Gasteiger partial charge < -0.3 is 4.74 Å². The largest absolute Gasteiger partial charge is 0.493 e. The Bertz CT molecular complexity index is 400. The third-order valence-electron chi connectivity index (χ3n) is 2.40. The predicted octanol–water partition coefficient (Wildman–Crippen LogP) is 3.75. The van der Waals surface area contributed by atoms with E-state index >= 15 is 0 Å². The molecule has 0 saturated carbocycles. The normalized spacial score (nSPS) is 10.9. The van der Waals surface area contributed by atoms with E-state index in [9.17, 15) is 10.1 Å². The molecule has 94 valence electrons. The van der Waals surface area contributed by atoms with E-state index < -0.39 is 4.92 Å². The molecule has 0 spiro atoms. The lowest BCUT2D eigenvalue weighted by Gasteiger charge is -2.15. The fraction of sp³-hybridized carbons (Fsp3) is 0.538.